The van der Waals surface area contributed by atoms with Crippen molar-refractivity contribution in [3.8, 4) is 11.1 Å². The second kappa shape index (κ2) is 8.53. The monoisotopic (exact) mass is 393 g/mol. The highest BCUT2D eigenvalue weighted by molar-refractivity contribution is 5.93. The first-order valence-electron chi connectivity index (χ1n) is 9.80. The molecule has 1 atom stereocenters. The molecule has 150 valence electrons. The average molecular weight is 393 g/mol. The van der Waals surface area contributed by atoms with E-state index < -0.39 is 0 Å². The molecule has 2 heterocycles. The molecule has 1 N–H and O–H groups in total. The lowest BCUT2D eigenvalue weighted by Gasteiger charge is -2.31. The number of benzene rings is 2. The van der Waals surface area contributed by atoms with Gasteiger partial charge >= 0.3 is 0 Å². The lowest BCUT2D eigenvalue weighted by molar-refractivity contribution is -0.121. The zero-order chi connectivity index (χ0) is 20.2. The molecule has 1 aliphatic rings. The van der Waals surface area contributed by atoms with Crippen molar-refractivity contribution in [3.05, 3.63) is 66.5 Å². The number of likely N-dealkylation sites (tertiary alicyclic amines) is 1. The number of hydrogen-bond donors (Lipinski definition) is 1. The molecule has 0 aliphatic carbocycles. The molecule has 1 aliphatic heterocycles. The molecule has 1 amide bonds. The predicted molar refractivity (Wildman–Crippen MR) is 109 cm³/mol. The summed E-state index contributed by atoms with van der Waals surface area (Å²) in [5.41, 5.74) is 2.48. The van der Waals surface area contributed by atoms with Gasteiger partial charge in [-0.2, -0.15) is 0 Å². The maximum Gasteiger partial charge on any atom is 0.228 e. The number of aromatic nitrogens is 3. The number of halogens is 1. The average Bonchev–Trinajstić information content (AvgIpc) is 3.13. The van der Waals surface area contributed by atoms with Crippen molar-refractivity contribution >= 4 is 11.6 Å². The normalized spacial score (nSPS) is 17.2. The minimum Gasteiger partial charge on any atom is -0.326 e. The van der Waals surface area contributed by atoms with Crippen molar-refractivity contribution in [3.63, 3.8) is 0 Å². The molecule has 3 aromatic rings. The van der Waals surface area contributed by atoms with Crippen LogP contribution in [0.4, 0.5) is 10.1 Å². The highest BCUT2D eigenvalue weighted by Crippen LogP contribution is 2.24. The molecule has 1 aromatic heterocycles. The van der Waals surface area contributed by atoms with Crippen molar-refractivity contribution in [2.45, 2.75) is 19.4 Å². The zero-order valence-corrected chi connectivity index (χ0v) is 16.4. The minimum absolute atomic E-state index is 0.0335. The van der Waals surface area contributed by atoms with Gasteiger partial charge in [0.05, 0.1) is 12.5 Å². The second-order valence-electron chi connectivity index (χ2n) is 7.51. The number of carbonyl (C=O) groups excluding carboxylic acids is 1. The molecule has 4 rings (SSSR count). The van der Waals surface area contributed by atoms with Gasteiger partial charge in [-0.25, -0.2) is 4.39 Å². The molecule has 0 bridgehead atoms. The van der Waals surface area contributed by atoms with E-state index in [1.165, 1.54) is 12.1 Å². The number of hydrogen-bond acceptors (Lipinski definition) is 4. The summed E-state index contributed by atoms with van der Waals surface area (Å²) < 4.78 is 15.3. The Balaban J connectivity index is 1.36. The Labute approximate surface area is 169 Å². The molecule has 0 radical (unpaired) electrons. The van der Waals surface area contributed by atoms with Crippen molar-refractivity contribution in [1.29, 1.82) is 0 Å². The van der Waals surface area contributed by atoms with Crippen LogP contribution in [-0.4, -0.2) is 38.7 Å². The van der Waals surface area contributed by atoms with Crippen LogP contribution in [-0.2, 0) is 18.4 Å². The predicted octanol–water partition coefficient (Wildman–Crippen LogP) is 3.47. The third-order valence-corrected chi connectivity index (χ3v) is 5.36. The van der Waals surface area contributed by atoms with Crippen LogP contribution in [0.1, 0.15) is 18.7 Å². The Bertz CT molecular complexity index is 985. The largest absolute Gasteiger partial charge is 0.326 e. The van der Waals surface area contributed by atoms with Crippen molar-refractivity contribution in [2.24, 2.45) is 13.0 Å². The quantitative estimate of drug-likeness (QED) is 0.721. The van der Waals surface area contributed by atoms with Gasteiger partial charge in [-0.05, 0) is 54.8 Å². The van der Waals surface area contributed by atoms with Gasteiger partial charge in [0.1, 0.15) is 18.0 Å². The van der Waals surface area contributed by atoms with E-state index in [9.17, 15) is 9.18 Å². The van der Waals surface area contributed by atoms with Gasteiger partial charge in [0.15, 0.2) is 0 Å². The van der Waals surface area contributed by atoms with Crippen molar-refractivity contribution in [1.82, 2.24) is 19.7 Å². The third-order valence-electron chi connectivity index (χ3n) is 5.36. The fourth-order valence-electron chi connectivity index (χ4n) is 3.72. The van der Waals surface area contributed by atoms with Crippen molar-refractivity contribution in [2.75, 3.05) is 18.4 Å². The minimum atomic E-state index is -0.261. The van der Waals surface area contributed by atoms with Gasteiger partial charge in [-0.1, -0.05) is 24.3 Å². The van der Waals surface area contributed by atoms with Gasteiger partial charge in [0.25, 0.3) is 0 Å². The van der Waals surface area contributed by atoms with E-state index in [4.69, 9.17) is 0 Å². The number of aryl methyl sites for hydroxylation is 1. The Kier molecular flexibility index (Phi) is 5.67. The third kappa shape index (κ3) is 4.68. The first kappa shape index (κ1) is 19.3. The number of nitrogens with zero attached hydrogens (tertiary/aromatic N) is 4. The molecule has 2 aromatic carbocycles. The van der Waals surface area contributed by atoms with Crippen LogP contribution >= 0.6 is 0 Å². The zero-order valence-electron chi connectivity index (χ0n) is 16.4. The Morgan fingerprint density at radius 2 is 2.03 bits per heavy atom. The van der Waals surface area contributed by atoms with E-state index in [-0.39, 0.29) is 17.6 Å². The lowest BCUT2D eigenvalue weighted by atomic mass is 9.97. The van der Waals surface area contributed by atoms with Crippen LogP contribution in [0.25, 0.3) is 11.1 Å². The molecule has 0 saturated carbocycles. The molecule has 0 spiro atoms. The number of amides is 1. The molecular formula is C22H24FN5O. The van der Waals surface area contributed by atoms with Crippen LogP contribution in [0.2, 0.25) is 0 Å². The summed E-state index contributed by atoms with van der Waals surface area (Å²) in [5, 5.41) is 11.1. The summed E-state index contributed by atoms with van der Waals surface area (Å²) in [7, 11) is 1.93. The molecule has 1 unspecified atom stereocenters. The maximum atomic E-state index is 13.4. The van der Waals surface area contributed by atoms with Gasteiger partial charge in [0.2, 0.25) is 5.91 Å². The Morgan fingerprint density at radius 3 is 2.76 bits per heavy atom. The number of nitrogens with one attached hydrogen (secondary N) is 1. The summed E-state index contributed by atoms with van der Waals surface area (Å²) in [6.07, 6.45) is 3.55. The second-order valence-corrected chi connectivity index (χ2v) is 7.51. The molecule has 29 heavy (non-hydrogen) atoms. The molecule has 6 nitrogen and oxygen atoms in total. The van der Waals surface area contributed by atoms with Crippen LogP contribution in [0.3, 0.4) is 0 Å². The van der Waals surface area contributed by atoms with E-state index in [0.717, 1.165) is 42.0 Å². The first-order chi connectivity index (χ1) is 14.1. The number of carbonyl (C=O) groups is 1. The first-order valence-corrected chi connectivity index (χ1v) is 9.80. The van der Waals surface area contributed by atoms with Crippen LogP contribution in [0, 0.1) is 11.7 Å². The van der Waals surface area contributed by atoms with Gasteiger partial charge < -0.3 is 9.88 Å². The molecule has 1 fully saturated rings. The standard InChI is InChI=1S/C22H24FN5O/c1-27-15-24-26-21(27)14-28-11-3-5-18(13-28)22(29)25-20-9-7-16(8-10-20)17-4-2-6-19(23)12-17/h2,4,6-10,12,15,18H,3,5,11,13-14H2,1H3,(H,25,29). The number of rotatable bonds is 5. The fraction of sp³-hybridized carbons (Fsp3) is 0.318. The molecule has 1 saturated heterocycles. The van der Waals surface area contributed by atoms with E-state index >= 15 is 0 Å². The summed E-state index contributed by atoms with van der Waals surface area (Å²) in [4.78, 5) is 15.0. The summed E-state index contributed by atoms with van der Waals surface area (Å²) >= 11 is 0. The summed E-state index contributed by atoms with van der Waals surface area (Å²) in [5.74, 6) is 0.619. The van der Waals surface area contributed by atoms with E-state index in [2.05, 4.69) is 20.4 Å². The smallest absolute Gasteiger partial charge is 0.228 e. The molecular weight excluding hydrogens is 369 g/mol. The molecule has 7 heteroatoms. The lowest BCUT2D eigenvalue weighted by Crippen LogP contribution is -2.40. The van der Waals surface area contributed by atoms with Crippen LogP contribution in [0.5, 0.6) is 0 Å². The fourth-order valence-corrected chi connectivity index (χ4v) is 3.72. The maximum absolute atomic E-state index is 13.4. The van der Waals surface area contributed by atoms with Crippen LogP contribution < -0.4 is 5.32 Å². The summed E-state index contributed by atoms with van der Waals surface area (Å²) in [6, 6.07) is 14.0. The van der Waals surface area contributed by atoms with Gasteiger partial charge in [-0.3, -0.25) is 9.69 Å². The number of piperidine rings is 1. The van der Waals surface area contributed by atoms with E-state index in [0.29, 0.717) is 13.1 Å². The van der Waals surface area contributed by atoms with Gasteiger partial charge in [-0.15, -0.1) is 10.2 Å². The Morgan fingerprint density at radius 1 is 1.21 bits per heavy atom. The highest BCUT2D eigenvalue weighted by Gasteiger charge is 2.26. The van der Waals surface area contributed by atoms with Crippen molar-refractivity contribution < 1.29 is 9.18 Å². The van der Waals surface area contributed by atoms with Crippen LogP contribution in [0.15, 0.2) is 54.9 Å². The Hall–Kier alpha value is -3.06. The van der Waals surface area contributed by atoms with E-state index in [1.807, 2.05) is 41.9 Å². The SMILES string of the molecule is Cn1cnnc1CN1CCCC(C(=O)Nc2ccc(-c3cccc(F)c3)cc2)C1. The van der Waals surface area contributed by atoms with Gasteiger partial charge in [0, 0.05) is 19.3 Å². The highest BCUT2D eigenvalue weighted by atomic mass is 19.1. The summed E-state index contributed by atoms with van der Waals surface area (Å²) in [6.45, 7) is 2.36. The number of anilines is 1. The van der Waals surface area contributed by atoms with E-state index in [1.54, 1.807) is 12.4 Å². The topological polar surface area (TPSA) is 63.1 Å².